The molecule has 0 aromatic heterocycles. The third-order valence-corrected chi connectivity index (χ3v) is 3.73. The number of amides is 1. The van der Waals surface area contributed by atoms with Gasteiger partial charge in [0.05, 0.1) is 6.54 Å². The fourth-order valence-corrected chi connectivity index (χ4v) is 2.58. The Bertz CT molecular complexity index is 672. The van der Waals surface area contributed by atoms with Gasteiger partial charge in [-0.05, 0) is 35.4 Å². The number of halogens is 1. The fraction of sp³-hybridized carbons (Fsp3) is 0.235. The van der Waals surface area contributed by atoms with E-state index in [2.05, 4.69) is 0 Å². The first kappa shape index (κ1) is 14.4. The van der Waals surface area contributed by atoms with Crippen LogP contribution in [0.5, 0.6) is 5.75 Å². The van der Waals surface area contributed by atoms with Crippen LogP contribution in [0.15, 0.2) is 48.5 Å². The second kappa shape index (κ2) is 6.05. The van der Waals surface area contributed by atoms with E-state index in [9.17, 15) is 9.18 Å². The number of nitrogens with zero attached hydrogens (tertiary/aromatic N) is 1. The normalized spacial score (nSPS) is 17.5. The summed E-state index contributed by atoms with van der Waals surface area (Å²) in [5.74, 6) is 0.426. The zero-order valence-corrected chi connectivity index (χ0v) is 11.9. The van der Waals surface area contributed by atoms with Crippen molar-refractivity contribution in [3.05, 3.63) is 54.3 Å². The highest BCUT2D eigenvalue weighted by Crippen LogP contribution is 2.26. The minimum absolute atomic E-state index is 0.125. The predicted molar refractivity (Wildman–Crippen MR) is 80.5 cm³/mol. The summed E-state index contributed by atoms with van der Waals surface area (Å²) in [6, 6.07) is 13.8. The average Bonchev–Trinajstić information content (AvgIpc) is 2.97. The van der Waals surface area contributed by atoms with Crippen molar-refractivity contribution >= 4 is 6.09 Å². The van der Waals surface area contributed by atoms with E-state index in [-0.39, 0.29) is 11.9 Å². The van der Waals surface area contributed by atoms with Crippen molar-refractivity contribution in [1.82, 2.24) is 4.90 Å². The highest BCUT2D eigenvalue weighted by atomic mass is 19.1. The van der Waals surface area contributed by atoms with E-state index in [1.807, 2.05) is 24.3 Å². The van der Waals surface area contributed by atoms with Gasteiger partial charge in [0.15, 0.2) is 0 Å². The van der Waals surface area contributed by atoms with E-state index < -0.39 is 6.09 Å². The summed E-state index contributed by atoms with van der Waals surface area (Å²) in [5, 5.41) is 8.95. The molecule has 114 valence electrons. The first-order valence-corrected chi connectivity index (χ1v) is 7.12. The second-order valence-electron chi connectivity index (χ2n) is 5.29. The van der Waals surface area contributed by atoms with Gasteiger partial charge in [-0.2, -0.15) is 0 Å². The first-order chi connectivity index (χ1) is 10.6. The van der Waals surface area contributed by atoms with Crippen molar-refractivity contribution in [2.45, 2.75) is 12.5 Å². The highest BCUT2D eigenvalue weighted by Gasteiger charge is 2.27. The number of carbonyl (C=O) groups is 1. The van der Waals surface area contributed by atoms with Crippen LogP contribution in [-0.2, 0) is 0 Å². The lowest BCUT2D eigenvalue weighted by Crippen LogP contribution is -2.29. The Morgan fingerprint density at radius 2 is 1.95 bits per heavy atom. The minimum Gasteiger partial charge on any atom is -0.488 e. The summed E-state index contributed by atoms with van der Waals surface area (Å²) in [6.45, 7) is 0.883. The number of likely N-dealkylation sites (tertiary alicyclic amines) is 1. The number of hydrogen-bond donors (Lipinski definition) is 1. The van der Waals surface area contributed by atoms with Gasteiger partial charge in [-0.1, -0.05) is 24.3 Å². The third-order valence-electron chi connectivity index (χ3n) is 3.73. The van der Waals surface area contributed by atoms with Crippen LogP contribution in [0.4, 0.5) is 9.18 Å². The molecule has 2 aromatic carbocycles. The molecule has 1 aliphatic rings. The Morgan fingerprint density at radius 3 is 2.64 bits per heavy atom. The molecule has 1 amide bonds. The molecule has 5 heteroatoms. The van der Waals surface area contributed by atoms with E-state index in [1.54, 1.807) is 12.1 Å². The van der Waals surface area contributed by atoms with Crippen molar-refractivity contribution in [2.24, 2.45) is 0 Å². The number of benzene rings is 2. The maximum Gasteiger partial charge on any atom is 0.407 e. The van der Waals surface area contributed by atoms with E-state index in [4.69, 9.17) is 9.84 Å². The van der Waals surface area contributed by atoms with Crippen LogP contribution in [0, 0.1) is 5.82 Å². The molecular weight excluding hydrogens is 285 g/mol. The van der Waals surface area contributed by atoms with Crippen molar-refractivity contribution in [3.8, 4) is 16.9 Å². The molecule has 1 saturated heterocycles. The molecule has 0 spiro atoms. The van der Waals surface area contributed by atoms with Crippen LogP contribution >= 0.6 is 0 Å². The molecule has 3 rings (SSSR count). The van der Waals surface area contributed by atoms with Crippen molar-refractivity contribution in [1.29, 1.82) is 0 Å². The molecule has 2 aromatic rings. The Hall–Kier alpha value is -2.56. The van der Waals surface area contributed by atoms with Crippen LogP contribution in [0.25, 0.3) is 11.1 Å². The Labute approximate surface area is 127 Å². The van der Waals surface area contributed by atoms with Gasteiger partial charge in [0.1, 0.15) is 17.7 Å². The lowest BCUT2D eigenvalue weighted by atomic mass is 10.1. The van der Waals surface area contributed by atoms with Gasteiger partial charge in [0.2, 0.25) is 0 Å². The van der Waals surface area contributed by atoms with Gasteiger partial charge >= 0.3 is 6.09 Å². The standard InChI is InChI=1S/C17H16FNO3/c18-14-6-4-12(5-7-14)13-2-1-3-15(10-13)22-16-8-9-19(11-16)17(20)21/h1-7,10,16H,8-9,11H2,(H,20,21)/t16-/m0/s1. The first-order valence-electron chi connectivity index (χ1n) is 7.12. The molecule has 1 atom stereocenters. The van der Waals surface area contributed by atoms with Crippen molar-refractivity contribution in [2.75, 3.05) is 13.1 Å². The Morgan fingerprint density at radius 1 is 1.18 bits per heavy atom. The predicted octanol–water partition coefficient (Wildman–Crippen LogP) is 3.62. The maximum atomic E-state index is 13.0. The molecule has 0 unspecified atom stereocenters. The second-order valence-corrected chi connectivity index (χ2v) is 5.29. The lowest BCUT2D eigenvalue weighted by Gasteiger charge is -2.15. The molecule has 4 nitrogen and oxygen atoms in total. The van der Waals surface area contributed by atoms with E-state index in [1.165, 1.54) is 17.0 Å². The van der Waals surface area contributed by atoms with E-state index in [0.29, 0.717) is 25.3 Å². The molecule has 0 aliphatic carbocycles. The van der Waals surface area contributed by atoms with Crippen LogP contribution in [0.2, 0.25) is 0 Å². The van der Waals surface area contributed by atoms with E-state index >= 15 is 0 Å². The zero-order valence-electron chi connectivity index (χ0n) is 11.9. The summed E-state index contributed by atoms with van der Waals surface area (Å²) in [5.41, 5.74) is 1.84. The van der Waals surface area contributed by atoms with Crippen LogP contribution in [0.1, 0.15) is 6.42 Å². The van der Waals surface area contributed by atoms with E-state index in [0.717, 1.165) is 11.1 Å². The van der Waals surface area contributed by atoms with Gasteiger partial charge in [0.25, 0.3) is 0 Å². The molecule has 22 heavy (non-hydrogen) atoms. The van der Waals surface area contributed by atoms with Crippen LogP contribution < -0.4 is 4.74 Å². The molecule has 0 saturated carbocycles. The Kier molecular flexibility index (Phi) is 3.96. The fourth-order valence-electron chi connectivity index (χ4n) is 2.58. The highest BCUT2D eigenvalue weighted by molar-refractivity contribution is 5.66. The SMILES string of the molecule is O=C(O)N1CC[C@H](Oc2cccc(-c3ccc(F)cc3)c2)C1. The maximum absolute atomic E-state index is 13.0. The summed E-state index contributed by atoms with van der Waals surface area (Å²) >= 11 is 0. The molecule has 1 aliphatic heterocycles. The molecule has 0 radical (unpaired) electrons. The summed E-state index contributed by atoms with van der Waals surface area (Å²) in [7, 11) is 0. The van der Waals surface area contributed by atoms with Crippen LogP contribution in [-0.4, -0.2) is 35.3 Å². The summed E-state index contributed by atoms with van der Waals surface area (Å²) < 4.78 is 18.8. The molecule has 0 bridgehead atoms. The monoisotopic (exact) mass is 301 g/mol. The molecular formula is C17H16FNO3. The summed E-state index contributed by atoms with van der Waals surface area (Å²) in [6.07, 6.45) is -0.349. The lowest BCUT2D eigenvalue weighted by molar-refractivity contribution is 0.145. The number of hydrogen-bond acceptors (Lipinski definition) is 2. The number of ether oxygens (including phenoxy) is 1. The summed E-state index contributed by atoms with van der Waals surface area (Å²) in [4.78, 5) is 12.3. The average molecular weight is 301 g/mol. The van der Waals surface area contributed by atoms with Crippen molar-refractivity contribution in [3.63, 3.8) is 0 Å². The van der Waals surface area contributed by atoms with Gasteiger partial charge in [-0.25, -0.2) is 9.18 Å². The quantitative estimate of drug-likeness (QED) is 0.942. The largest absolute Gasteiger partial charge is 0.488 e. The number of carboxylic acid groups (broad SMARTS) is 1. The molecule has 1 heterocycles. The zero-order chi connectivity index (χ0) is 15.5. The Balaban J connectivity index is 1.72. The third kappa shape index (κ3) is 3.19. The van der Waals surface area contributed by atoms with Crippen molar-refractivity contribution < 1.29 is 19.0 Å². The van der Waals surface area contributed by atoms with Crippen LogP contribution in [0.3, 0.4) is 0 Å². The number of rotatable bonds is 3. The van der Waals surface area contributed by atoms with Gasteiger partial charge in [-0.3, -0.25) is 0 Å². The van der Waals surface area contributed by atoms with Gasteiger partial charge < -0.3 is 14.7 Å². The van der Waals surface area contributed by atoms with Gasteiger partial charge in [-0.15, -0.1) is 0 Å². The van der Waals surface area contributed by atoms with Gasteiger partial charge in [0, 0.05) is 13.0 Å². The topological polar surface area (TPSA) is 49.8 Å². The molecule has 1 fully saturated rings. The smallest absolute Gasteiger partial charge is 0.407 e. The minimum atomic E-state index is -0.911. The molecule has 1 N–H and O–H groups in total.